The maximum Gasteiger partial charge on any atom is 0.120 e. The minimum Gasteiger partial charge on any atom is -0.508 e. The fourth-order valence-corrected chi connectivity index (χ4v) is 2.22. The number of aromatic hydroxyl groups is 1. The molecule has 3 nitrogen and oxygen atoms in total. The number of aliphatic hydroxyl groups is 1. The van der Waals surface area contributed by atoms with Gasteiger partial charge in [-0.1, -0.05) is 42.0 Å². The van der Waals surface area contributed by atoms with Crippen LogP contribution in [0.5, 0.6) is 5.75 Å². The van der Waals surface area contributed by atoms with Crippen LogP contribution in [-0.2, 0) is 6.54 Å². The van der Waals surface area contributed by atoms with Gasteiger partial charge in [0.25, 0.3) is 0 Å². The van der Waals surface area contributed by atoms with Gasteiger partial charge in [-0.15, -0.1) is 0 Å². The summed E-state index contributed by atoms with van der Waals surface area (Å²) in [5.74, 6) is 0.295. The molecule has 3 heteroatoms. The molecule has 0 bridgehead atoms. The summed E-state index contributed by atoms with van der Waals surface area (Å²) in [6, 6.07) is 7.29. The Morgan fingerprint density at radius 1 is 1.21 bits per heavy atom. The molecule has 3 N–H and O–H groups in total. The number of phenolic OH excluding ortho intramolecular Hbond substituents is 1. The van der Waals surface area contributed by atoms with Gasteiger partial charge in [-0.05, 0) is 25.3 Å². The first-order valence-corrected chi connectivity index (χ1v) is 6.76. The van der Waals surface area contributed by atoms with Gasteiger partial charge in [0.15, 0.2) is 0 Å². The Bertz CT molecular complexity index is 466. The van der Waals surface area contributed by atoms with Gasteiger partial charge < -0.3 is 15.5 Å². The molecular formula is C16H21NO2. The molecule has 1 aliphatic rings. The molecule has 1 aromatic rings. The van der Waals surface area contributed by atoms with Crippen molar-refractivity contribution < 1.29 is 10.2 Å². The van der Waals surface area contributed by atoms with E-state index < -0.39 is 0 Å². The number of phenols is 1. The van der Waals surface area contributed by atoms with Crippen molar-refractivity contribution in [3.63, 3.8) is 0 Å². The van der Waals surface area contributed by atoms with Crippen LogP contribution in [0.15, 0.2) is 48.1 Å². The molecule has 0 saturated carbocycles. The second-order valence-electron chi connectivity index (χ2n) is 4.85. The van der Waals surface area contributed by atoms with E-state index in [0.717, 1.165) is 24.8 Å². The van der Waals surface area contributed by atoms with Crippen LogP contribution in [0, 0.1) is 0 Å². The molecule has 19 heavy (non-hydrogen) atoms. The minimum atomic E-state index is 0.0219. The van der Waals surface area contributed by atoms with Crippen molar-refractivity contribution in [2.75, 3.05) is 6.61 Å². The number of allylic oxidation sites excluding steroid dienone is 3. The predicted molar refractivity (Wildman–Crippen MR) is 76.9 cm³/mol. The summed E-state index contributed by atoms with van der Waals surface area (Å²) in [5.41, 5.74) is 2.13. The molecule has 0 aliphatic heterocycles. The monoisotopic (exact) mass is 259 g/mol. The molecule has 2 rings (SSSR count). The molecule has 0 amide bonds. The summed E-state index contributed by atoms with van der Waals surface area (Å²) >= 11 is 0. The summed E-state index contributed by atoms with van der Waals surface area (Å²) in [7, 11) is 0. The summed E-state index contributed by atoms with van der Waals surface area (Å²) < 4.78 is 0. The van der Waals surface area contributed by atoms with Crippen LogP contribution >= 0.6 is 0 Å². The highest BCUT2D eigenvalue weighted by Gasteiger charge is 2.10. The number of hydrogen-bond acceptors (Lipinski definition) is 3. The zero-order valence-electron chi connectivity index (χ0n) is 11.0. The van der Waals surface area contributed by atoms with E-state index in [1.54, 1.807) is 12.1 Å². The first-order valence-electron chi connectivity index (χ1n) is 6.76. The Morgan fingerprint density at radius 2 is 2.05 bits per heavy atom. The highest BCUT2D eigenvalue weighted by atomic mass is 16.3. The lowest BCUT2D eigenvalue weighted by atomic mass is 10.0. The van der Waals surface area contributed by atoms with E-state index in [1.807, 2.05) is 12.1 Å². The number of rotatable bonds is 6. The molecule has 0 fully saturated rings. The van der Waals surface area contributed by atoms with Gasteiger partial charge in [0, 0.05) is 18.2 Å². The lowest BCUT2D eigenvalue weighted by molar-refractivity contribution is 0.240. The highest BCUT2D eigenvalue weighted by molar-refractivity contribution is 5.31. The van der Waals surface area contributed by atoms with Crippen LogP contribution < -0.4 is 5.32 Å². The molecule has 0 spiro atoms. The van der Waals surface area contributed by atoms with E-state index in [2.05, 4.69) is 23.5 Å². The quantitative estimate of drug-likeness (QED) is 0.735. The number of nitrogens with one attached hydrogen (secondary N) is 1. The standard InChI is InChI=1S/C16H21NO2/c18-12-15(10-13-6-2-1-3-7-13)17-11-14-8-4-5-9-16(14)19/h2,4-9,15,17-19H,1,3,10-12H2. The number of para-hydroxylation sites is 1. The van der Waals surface area contributed by atoms with Crippen molar-refractivity contribution in [3.8, 4) is 5.75 Å². The average Bonchev–Trinajstić information content (AvgIpc) is 2.46. The van der Waals surface area contributed by atoms with Crippen molar-refractivity contribution in [3.05, 3.63) is 53.6 Å². The highest BCUT2D eigenvalue weighted by Crippen LogP contribution is 2.17. The van der Waals surface area contributed by atoms with E-state index in [1.165, 1.54) is 5.57 Å². The largest absolute Gasteiger partial charge is 0.508 e. The van der Waals surface area contributed by atoms with Crippen LogP contribution in [0.2, 0.25) is 0 Å². The third-order valence-corrected chi connectivity index (χ3v) is 3.35. The SMILES string of the molecule is OCC(CC1=CCCC=C1)NCc1ccccc1O. The van der Waals surface area contributed by atoms with Crippen LogP contribution in [-0.4, -0.2) is 22.9 Å². The number of hydrogen-bond donors (Lipinski definition) is 3. The Balaban J connectivity index is 1.87. The lowest BCUT2D eigenvalue weighted by Gasteiger charge is -2.18. The number of aliphatic hydroxyl groups excluding tert-OH is 1. The van der Waals surface area contributed by atoms with Crippen LogP contribution in [0.25, 0.3) is 0 Å². The molecule has 0 aromatic heterocycles. The van der Waals surface area contributed by atoms with Gasteiger partial charge in [-0.3, -0.25) is 0 Å². The van der Waals surface area contributed by atoms with Crippen molar-refractivity contribution in [1.82, 2.24) is 5.32 Å². The van der Waals surface area contributed by atoms with Crippen LogP contribution in [0.1, 0.15) is 24.8 Å². The van der Waals surface area contributed by atoms with Gasteiger partial charge in [-0.2, -0.15) is 0 Å². The summed E-state index contributed by atoms with van der Waals surface area (Å²) in [6.45, 7) is 0.660. The lowest BCUT2D eigenvalue weighted by Crippen LogP contribution is -2.32. The summed E-state index contributed by atoms with van der Waals surface area (Å²) in [5, 5.41) is 22.4. The second kappa shape index (κ2) is 7.12. The van der Waals surface area contributed by atoms with Crippen molar-refractivity contribution >= 4 is 0 Å². The van der Waals surface area contributed by atoms with Gasteiger partial charge in [0.1, 0.15) is 5.75 Å². The fraction of sp³-hybridized carbons (Fsp3) is 0.375. The first kappa shape index (κ1) is 13.8. The van der Waals surface area contributed by atoms with Crippen LogP contribution in [0.3, 0.4) is 0 Å². The summed E-state index contributed by atoms with van der Waals surface area (Å²) in [6.07, 6.45) is 9.55. The van der Waals surface area contributed by atoms with Crippen molar-refractivity contribution in [1.29, 1.82) is 0 Å². The Kier molecular flexibility index (Phi) is 5.19. The molecule has 1 unspecified atom stereocenters. The van der Waals surface area contributed by atoms with E-state index >= 15 is 0 Å². The Hall–Kier alpha value is -1.58. The summed E-state index contributed by atoms with van der Waals surface area (Å²) in [4.78, 5) is 0. The minimum absolute atomic E-state index is 0.0219. The van der Waals surface area contributed by atoms with Gasteiger partial charge in [0.05, 0.1) is 6.61 Å². The molecular weight excluding hydrogens is 238 g/mol. The zero-order valence-corrected chi connectivity index (χ0v) is 11.0. The van der Waals surface area contributed by atoms with E-state index in [-0.39, 0.29) is 12.6 Å². The molecule has 0 radical (unpaired) electrons. The fourth-order valence-electron chi connectivity index (χ4n) is 2.22. The normalized spacial score (nSPS) is 16.2. The predicted octanol–water partition coefficient (Wildman–Crippen LogP) is 2.51. The molecule has 0 saturated heterocycles. The van der Waals surface area contributed by atoms with Crippen LogP contribution in [0.4, 0.5) is 0 Å². The Labute approximate surface area is 114 Å². The van der Waals surface area contributed by atoms with Gasteiger partial charge >= 0.3 is 0 Å². The smallest absolute Gasteiger partial charge is 0.120 e. The Morgan fingerprint density at radius 3 is 2.74 bits per heavy atom. The third-order valence-electron chi connectivity index (χ3n) is 3.35. The molecule has 1 aromatic carbocycles. The second-order valence-corrected chi connectivity index (χ2v) is 4.85. The van der Waals surface area contributed by atoms with E-state index in [4.69, 9.17) is 0 Å². The average molecular weight is 259 g/mol. The topological polar surface area (TPSA) is 52.5 Å². The van der Waals surface area contributed by atoms with Crippen molar-refractivity contribution in [2.24, 2.45) is 0 Å². The maximum atomic E-state index is 9.69. The van der Waals surface area contributed by atoms with Gasteiger partial charge in [-0.25, -0.2) is 0 Å². The third kappa shape index (κ3) is 4.23. The van der Waals surface area contributed by atoms with Gasteiger partial charge in [0.2, 0.25) is 0 Å². The molecule has 1 aliphatic carbocycles. The maximum absolute atomic E-state index is 9.69. The van der Waals surface area contributed by atoms with Crippen molar-refractivity contribution in [2.45, 2.75) is 31.8 Å². The number of benzene rings is 1. The first-order chi connectivity index (χ1) is 9.29. The zero-order chi connectivity index (χ0) is 13.5. The molecule has 1 atom stereocenters. The molecule has 102 valence electrons. The molecule has 0 heterocycles. The van der Waals surface area contributed by atoms with E-state index in [0.29, 0.717) is 12.3 Å². The van der Waals surface area contributed by atoms with E-state index in [9.17, 15) is 10.2 Å².